The topological polar surface area (TPSA) is 23.0 Å². The summed E-state index contributed by atoms with van der Waals surface area (Å²) in [5.41, 5.74) is 13.5. The molecule has 0 saturated heterocycles. The molecule has 11 rings (SSSR count). The van der Waals surface area contributed by atoms with Crippen molar-refractivity contribution in [2.75, 3.05) is 0 Å². The lowest BCUT2D eigenvalue weighted by Crippen LogP contribution is -2.00. The fraction of sp³-hybridized carbons (Fsp3) is 0. The van der Waals surface area contributed by atoms with Gasteiger partial charge in [0.25, 0.3) is 0 Å². The molecule has 0 fully saturated rings. The van der Waals surface area contributed by atoms with Crippen molar-refractivity contribution in [1.82, 2.24) is 9.13 Å². The molecule has 3 heterocycles. The number of para-hydroxylation sites is 5. The molecule has 0 bridgehead atoms. The molecule has 0 amide bonds. The maximum Gasteiger partial charge on any atom is 0.135 e. The van der Waals surface area contributed by atoms with E-state index in [4.69, 9.17) is 4.42 Å². The van der Waals surface area contributed by atoms with Crippen LogP contribution >= 0.6 is 0 Å². The van der Waals surface area contributed by atoms with Gasteiger partial charge in [-0.25, -0.2) is 0 Å². The van der Waals surface area contributed by atoms with Crippen molar-refractivity contribution >= 4 is 65.6 Å². The molecule has 8 aromatic carbocycles. The Morgan fingerprint density at radius 2 is 0.706 bits per heavy atom. The first kappa shape index (κ1) is 28.0. The maximum absolute atomic E-state index is 6.15. The molecule has 0 N–H and O–H groups in total. The van der Waals surface area contributed by atoms with Crippen LogP contribution in [0, 0.1) is 0 Å². The maximum atomic E-state index is 6.15. The zero-order chi connectivity index (χ0) is 33.5. The van der Waals surface area contributed by atoms with Crippen LogP contribution in [0.15, 0.2) is 186 Å². The van der Waals surface area contributed by atoms with E-state index in [1.165, 1.54) is 49.2 Å². The number of fused-ring (bicyclic) bond motifs is 9. The third-order valence-electron chi connectivity index (χ3n) is 10.5. The molecule has 238 valence electrons. The van der Waals surface area contributed by atoms with Gasteiger partial charge in [-0.2, -0.15) is 0 Å². The van der Waals surface area contributed by atoms with Gasteiger partial charge < -0.3 is 13.6 Å². The average Bonchev–Trinajstić information content (AvgIpc) is 3.85. The van der Waals surface area contributed by atoms with Crippen molar-refractivity contribution in [2.24, 2.45) is 0 Å². The molecule has 0 saturated carbocycles. The summed E-state index contributed by atoms with van der Waals surface area (Å²) < 4.78 is 11.0. The summed E-state index contributed by atoms with van der Waals surface area (Å²) in [5, 5.41) is 7.28. The number of nitrogens with zero attached hydrogens (tertiary/aromatic N) is 2. The summed E-state index contributed by atoms with van der Waals surface area (Å²) >= 11 is 0. The van der Waals surface area contributed by atoms with Gasteiger partial charge in [0.2, 0.25) is 0 Å². The van der Waals surface area contributed by atoms with Crippen molar-refractivity contribution in [3.63, 3.8) is 0 Å². The van der Waals surface area contributed by atoms with Crippen LogP contribution in [0.25, 0.3) is 99.2 Å². The zero-order valence-corrected chi connectivity index (χ0v) is 27.6. The smallest absolute Gasteiger partial charge is 0.135 e. The van der Waals surface area contributed by atoms with E-state index in [1.807, 2.05) is 12.1 Å². The highest BCUT2D eigenvalue weighted by atomic mass is 16.3. The summed E-state index contributed by atoms with van der Waals surface area (Å²) in [7, 11) is 0. The molecular weight excluding hydrogens is 621 g/mol. The van der Waals surface area contributed by atoms with Crippen LogP contribution in [-0.4, -0.2) is 9.13 Å². The molecule has 0 radical (unpaired) electrons. The molecule has 11 aromatic rings. The van der Waals surface area contributed by atoms with Crippen molar-refractivity contribution in [2.45, 2.75) is 0 Å². The lowest BCUT2D eigenvalue weighted by molar-refractivity contribution is 0.669. The van der Waals surface area contributed by atoms with Gasteiger partial charge >= 0.3 is 0 Å². The monoisotopic (exact) mass is 650 g/mol. The molecular formula is C48H30N2O. The standard InChI is InChI=1S/C48H30N2O/c1-6-19-43-37(14-1)38-15-2-7-20-44(38)49(43)35-27-34(28-36(30-35)50-45-21-8-3-16-39(45)40-17-4-9-22-46(40)50)32-13-11-12-31(26-32)33-24-25-48-42(29-33)41-18-5-10-23-47(41)51-48/h1-30H. The Morgan fingerprint density at radius 1 is 0.275 bits per heavy atom. The normalized spacial score (nSPS) is 11.9. The Morgan fingerprint density at radius 3 is 1.25 bits per heavy atom. The second-order valence-corrected chi connectivity index (χ2v) is 13.4. The minimum Gasteiger partial charge on any atom is -0.456 e. The molecule has 3 heteroatoms. The molecule has 0 unspecified atom stereocenters. The van der Waals surface area contributed by atoms with Crippen molar-refractivity contribution < 1.29 is 4.42 Å². The van der Waals surface area contributed by atoms with Crippen LogP contribution in [0.3, 0.4) is 0 Å². The quantitative estimate of drug-likeness (QED) is 0.186. The van der Waals surface area contributed by atoms with Crippen LogP contribution in [0.4, 0.5) is 0 Å². The van der Waals surface area contributed by atoms with E-state index >= 15 is 0 Å². The Kier molecular flexibility index (Phi) is 5.96. The highest BCUT2D eigenvalue weighted by molar-refractivity contribution is 6.11. The lowest BCUT2D eigenvalue weighted by Gasteiger charge is -2.16. The van der Waals surface area contributed by atoms with E-state index < -0.39 is 0 Å². The first-order valence-electron chi connectivity index (χ1n) is 17.4. The van der Waals surface area contributed by atoms with E-state index in [1.54, 1.807) is 0 Å². The van der Waals surface area contributed by atoms with Crippen molar-refractivity contribution in [3.8, 4) is 33.6 Å². The van der Waals surface area contributed by atoms with E-state index in [0.29, 0.717) is 0 Å². The van der Waals surface area contributed by atoms with E-state index in [2.05, 4.69) is 179 Å². The summed E-state index contributed by atoms with van der Waals surface area (Å²) in [6.07, 6.45) is 0. The molecule has 0 aliphatic rings. The molecule has 3 aromatic heterocycles. The predicted octanol–water partition coefficient (Wildman–Crippen LogP) is 13.1. The van der Waals surface area contributed by atoms with Crippen LogP contribution < -0.4 is 0 Å². The fourth-order valence-electron chi connectivity index (χ4n) is 8.21. The first-order valence-corrected chi connectivity index (χ1v) is 17.4. The van der Waals surface area contributed by atoms with Crippen LogP contribution in [0.1, 0.15) is 0 Å². The minimum absolute atomic E-state index is 0.908. The number of aromatic nitrogens is 2. The molecule has 0 spiro atoms. The van der Waals surface area contributed by atoms with Gasteiger partial charge in [-0.05, 0) is 89.0 Å². The number of hydrogen-bond donors (Lipinski definition) is 0. The molecule has 3 nitrogen and oxygen atoms in total. The highest BCUT2D eigenvalue weighted by Crippen LogP contribution is 2.39. The van der Waals surface area contributed by atoms with Gasteiger partial charge in [-0.15, -0.1) is 0 Å². The largest absolute Gasteiger partial charge is 0.456 e. The summed E-state index contributed by atoms with van der Waals surface area (Å²) in [6.45, 7) is 0. The van der Waals surface area contributed by atoms with Crippen LogP contribution in [0.2, 0.25) is 0 Å². The Bertz CT molecular complexity index is 2920. The van der Waals surface area contributed by atoms with Gasteiger partial charge in [0.1, 0.15) is 11.2 Å². The van der Waals surface area contributed by atoms with Gasteiger partial charge in [0.05, 0.1) is 22.1 Å². The summed E-state index contributed by atoms with van der Waals surface area (Å²) in [6, 6.07) is 65.7. The van der Waals surface area contributed by atoms with Gasteiger partial charge in [0, 0.05) is 43.7 Å². The number of rotatable bonds is 4. The molecule has 0 atom stereocenters. The number of hydrogen-bond acceptors (Lipinski definition) is 1. The van der Waals surface area contributed by atoms with E-state index in [9.17, 15) is 0 Å². The zero-order valence-electron chi connectivity index (χ0n) is 27.6. The van der Waals surface area contributed by atoms with Gasteiger partial charge in [-0.1, -0.05) is 115 Å². The number of furan rings is 1. The Hall–Kier alpha value is -6.84. The van der Waals surface area contributed by atoms with Gasteiger partial charge in [-0.3, -0.25) is 0 Å². The average molecular weight is 651 g/mol. The van der Waals surface area contributed by atoms with Crippen LogP contribution in [-0.2, 0) is 0 Å². The molecule has 0 aliphatic carbocycles. The SMILES string of the molecule is c1cc(-c2cc(-n3c4ccccc4c4ccccc43)cc(-n3c4ccccc4c4ccccc43)c2)cc(-c2ccc3oc4ccccc4c3c2)c1. The van der Waals surface area contributed by atoms with Crippen molar-refractivity contribution in [3.05, 3.63) is 182 Å². The van der Waals surface area contributed by atoms with E-state index in [0.717, 1.165) is 50.0 Å². The summed E-state index contributed by atoms with van der Waals surface area (Å²) in [5.74, 6) is 0. The van der Waals surface area contributed by atoms with Crippen molar-refractivity contribution in [1.29, 1.82) is 0 Å². The molecule has 51 heavy (non-hydrogen) atoms. The second-order valence-electron chi connectivity index (χ2n) is 13.4. The van der Waals surface area contributed by atoms with Gasteiger partial charge in [0.15, 0.2) is 0 Å². The summed E-state index contributed by atoms with van der Waals surface area (Å²) in [4.78, 5) is 0. The third kappa shape index (κ3) is 4.25. The predicted molar refractivity (Wildman–Crippen MR) is 213 cm³/mol. The third-order valence-corrected chi connectivity index (χ3v) is 10.5. The second kappa shape index (κ2) is 10.8. The minimum atomic E-state index is 0.908. The van der Waals surface area contributed by atoms with E-state index in [-0.39, 0.29) is 0 Å². The molecule has 0 aliphatic heterocycles. The highest BCUT2D eigenvalue weighted by Gasteiger charge is 2.17. The lowest BCUT2D eigenvalue weighted by atomic mass is 9.97. The fourth-order valence-corrected chi connectivity index (χ4v) is 8.21. The Labute approximate surface area is 293 Å². The number of benzene rings is 8. The first-order chi connectivity index (χ1) is 25.3. The van der Waals surface area contributed by atoms with Crippen LogP contribution in [0.5, 0.6) is 0 Å². The Balaban J connectivity index is 1.17.